The van der Waals surface area contributed by atoms with Gasteiger partial charge in [0, 0.05) is 12.8 Å². The van der Waals surface area contributed by atoms with Crippen molar-refractivity contribution < 1.29 is 8.42 Å². The van der Waals surface area contributed by atoms with Crippen LogP contribution in [0.4, 0.5) is 0 Å². The van der Waals surface area contributed by atoms with Gasteiger partial charge in [0.1, 0.15) is 9.84 Å². The highest BCUT2D eigenvalue weighted by Gasteiger charge is 2.18. The fourth-order valence-corrected chi connectivity index (χ4v) is 2.33. The minimum absolute atomic E-state index is 0.278. The average Bonchev–Trinajstić information content (AvgIpc) is 2.14. The highest BCUT2D eigenvalue weighted by molar-refractivity contribution is 7.90. The largest absolute Gasteiger partial charge is 0.330 e. The van der Waals surface area contributed by atoms with Gasteiger partial charge in [0.15, 0.2) is 0 Å². The van der Waals surface area contributed by atoms with Crippen molar-refractivity contribution in [3.63, 3.8) is 0 Å². The summed E-state index contributed by atoms with van der Waals surface area (Å²) in [6.45, 7) is 3.44. The van der Waals surface area contributed by atoms with Gasteiger partial charge in [-0.2, -0.15) is 0 Å². The molecule has 1 heterocycles. The van der Waals surface area contributed by atoms with Crippen LogP contribution in [0.1, 0.15) is 12.8 Å². The van der Waals surface area contributed by atoms with E-state index in [9.17, 15) is 8.42 Å². The van der Waals surface area contributed by atoms with Crippen LogP contribution < -0.4 is 5.73 Å². The van der Waals surface area contributed by atoms with Crippen molar-refractivity contribution in [1.82, 2.24) is 4.90 Å². The van der Waals surface area contributed by atoms with Crippen molar-refractivity contribution in [2.24, 2.45) is 11.7 Å². The van der Waals surface area contributed by atoms with Crippen LogP contribution in [0.15, 0.2) is 0 Å². The number of hydrogen-bond donors (Lipinski definition) is 1. The zero-order valence-electron chi connectivity index (χ0n) is 8.78. The lowest BCUT2D eigenvalue weighted by Crippen LogP contribution is -2.38. The molecular formula is C9H20N2O2S. The van der Waals surface area contributed by atoms with Gasteiger partial charge in [-0.3, -0.25) is 0 Å². The maximum absolute atomic E-state index is 10.9. The summed E-state index contributed by atoms with van der Waals surface area (Å²) in [5.74, 6) is 0.921. The molecule has 2 N–H and O–H groups in total. The molecule has 1 aliphatic rings. The summed E-state index contributed by atoms with van der Waals surface area (Å²) >= 11 is 0. The zero-order chi connectivity index (χ0) is 10.6. The summed E-state index contributed by atoms with van der Waals surface area (Å²) in [5.41, 5.74) is 5.58. The number of nitrogens with zero attached hydrogens (tertiary/aromatic N) is 1. The topological polar surface area (TPSA) is 63.4 Å². The number of rotatable bonds is 4. The van der Waals surface area contributed by atoms with E-state index in [4.69, 9.17) is 5.73 Å². The molecule has 1 aliphatic heterocycles. The minimum atomic E-state index is -2.81. The van der Waals surface area contributed by atoms with Crippen LogP contribution in [0, 0.1) is 5.92 Å². The van der Waals surface area contributed by atoms with Crippen molar-refractivity contribution in [2.75, 3.05) is 38.2 Å². The first-order valence-electron chi connectivity index (χ1n) is 5.11. The molecule has 0 radical (unpaired) electrons. The Morgan fingerprint density at radius 3 is 2.36 bits per heavy atom. The van der Waals surface area contributed by atoms with Gasteiger partial charge in [0.2, 0.25) is 0 Å². The molecule has 4 nitrogen and oxygen atoms in total. The molecule has 84 valence electrons. The third kappa shape index (κ3) is 4.39. The average molecular weight is 220 g/mol. The second-order valence-electron chi connectivity index (χ2n) is 4.15. The van der Waals surface area contributed by atoms with Crippen LogP contribution >= 0.6 is 0 Å². The summed E-state index contributed by atoms with van der Waals surface area (Å²) < 4.78 is 21.9. The predicted molar refractivity (Wildman–Crippen MR) is 57.9 cm³/mol. The summed E-state index contributed by atoms with van der Waals surface area (Å²) in [7, 11) is -2.81. The lowest BCUT2D eigenvalue weighted by atomic mass is 9.97. The molecular weight excluding hydrogens is 200 g/mol. The molecule has 0 atom stereocenters. The second kappa shape index (κ2) is 5.09. The van der Waals surface area contributed by atoms with Gasteiger partial charge in [-0.15, -0.1) is 0 Å². The fraction of sp³-hybridized carbons (Fsp3) is 1.00. The quantitative estimate of drug-likeness (QED) is 0.706. The van der Waals surface area contributed by atoms with Gasteiger partial charge in [0.25, 0.3) is 0 Å². The molecule has 1 saturated heterocycles. The SMILES string of the molecule is CS(=O)(=O)CCN1CCC(CN)CC1. The van der Waals surface area contributed by atoms with Crippen LogP contribution in [0.25, 0.3) is 0 Å². The zero-order valence-corrected chi connectivity index (χ0v) is 9.59. The van der Waals surface area contributed by atoms with Gasteiger partial charge >= 0.3 is 0 Å². The van der Waals surface area contributed by atoms with Crippen molar-refractivity contribution >= 4 is 9.84 Å². The maximum Gasteiger partial charge on any atom is 0.148 e. The molecule has 0 aromatic heterocycles. The lowest BCUT2D eigenvalue weighted by molar-refractivity contribution is 0.196. The first-order valence-corrected chi connectivity index (χ1v) is 7.17. The van der Waals surface area contributed by atoms with Gasteiger partial charge < -0.3 is 10.6 Å². The van der Waals surface area contributed by atoms with E-state index in [2.05, 4.69) is 4.90 Å². The van der Waals surface area contributed by atoms with E-state index in [-0.39, 0.29) is 5.75 Å². The first kappa shape index (κ1) is 11.9. The molecule has 0 bridgehead atoms. The number of hydrogen-bond acceptors (Lipinski definition) is 4. The number of piperidine rings is 1. The molecule has 0 saturated carbocycles. The Labute approximate surface area is 86.4 Å². The molecule has 1 rings (SSSR count). The third-order valence-electron chi connectivity index (χ3n) is 2.82. The van der Waals surface area contributed by atoms with E-state index in [1.807, 2.05) is 0 Å². The standard InChI is InChI=1S/C9H20N2O2S/c1-14(12,13)7-6-11-4-2-9(8-10)3-5-11/h9H,2-8,10H2,1H3. The van der Waals surface area contributed by atoms with Crippen LogP contribution in [0.3, 0.4) is 0 Å². The van der Waals surface area contributed by atoms with Gasteiger partial charge in [0.05, 0.1) is 5.75 Å². The predicted octanol–water partition coefficient (Wildman–Crippen LogP) is -0.298. The molecule has 0 amide bonds. The normalized spacial score (nSPS) is 21.3. The molecule has 0 unspecified atom stereocenters. The Morgan fingerprint density at radius 2 is 1.93 bits per heavy atom. The number of likely N-dealkylation sites (tertiary alicyclic amines) is 1. The Balaban J connectivity index is 2.23. The molecule has 1 fully saturated rings. The van der Waals surface area contributed by atoms with Crippen LogP contribution in [0.2, 0.25) is 0 Å². The van der Waals surface area contributed by atoms with Gasteiger partial charge in [-0.25, -0.2) is 8.42 Å². The second-order valence-corrected chi connectivity index (χ2v) is 6.41. The van der Waals surface area contributed by atoms with E-state index < -0.39 is 9.84 Å². The van der Waals surface area contributed by atoms with Crippen molar-refractivity contribution in [1.29, 1.82) is 0 Å². The van der Waals surface area contributed by atoms with Crippen LogP contribution in [0.5, 0.6) is 0 Å². The van der Waals surface area contributed by atoms with Gasteiger partial charge in [-0.1, -0.05) is 0 Å². The van der Waals surface area contributed by atoms with Crippen molar-refractivity contribution in [2.45, 2.75) is 12.8 Å². The van der Waals surface area contributed by atoms with Crippen molar-refractivity contribution in [3.05, 3.63) is 0 Å². The van der Waals surface area contributed by atoms with E-state index in [1.165, 1.54) is 6.26 Å². The Morgan fingerprint density at radius 1 is 1.36 bits per heavy atom. The lowest BCUT2D eigenvalue weighted by Gasteiger charge is -2.30. The Bertz CT molecular complexity index is 256. The van der Waals surface area contributed by atoms with E-state index in [0.717, 1.165) is 32.5 Å². The number of nitrogens with two attached hydrogens (primary N) is 1. The molecule has 0 spiro atoms. The molecule has 5 heteroatoms. The maximum atomic E-state index is 10.9. The van der Waals surface area contributed by atoms with Crippen molar-refractivity contribution in [3.8, 4) is 0 Å². The molecule has 0 aromatic rings. The molecule has 0 aromatic carbocycles. The first-order chi connectivity index (χ1) is 6.51. The smallest absolute Gasteiger partial charge is 0.148 e. The Hall–Kier alpha value is -0.130. The Kier molecular flexibility index (Phi) is 4.34. The van der Waals surface area contributed by atoms with Crippen LogP contribution in [-0.4, -0.2) is 51.5 Å². The third-order valence-corrected chi connectivity index (χ3v) is 3.74. The highest BCUT2D eigenvalue weighted by atomic mass is 32.2. The van der Waals surface area contributed by atoms with Gasteiger partial charge in [-0.05, 0) is 38.4 Å². The number of sulfone groups is 1. The highest BCUT2D eigenvalue weighted by Crippen LogP contribution is 2.15. The summed E-state index contributed by atoms with van der Waals surface area (Å²) in [6.07, 6.45) is 3.51. The van der Waals surface area contributed by atoms with Crippen LogP contribution in [-0.2, 0) is 9.84 Å². The minimum Gasteiger partial charge on any atom is -0.330 e. The van der Waals surface area contributed by atoms with E-state index >= 15 is 0 Å². The summed E-state index contributed by atoms with van der Waals surface area (Å²) in [6, 6.07) is 0. The summed E-state index contributed by atoms with van der Waals surface area (Å²) in [5, 5.41) is 0. The van der Waals surface area contributed by atoms with E-state index in [1.54, 1.807) is 0 Å². The molecule has 0 aliphatic carbocycles. The summed E-state index contributed by atoms with van der Waals surface area (Å²) in [4.78, 5) is 2.22. The fourth-order valence-electron chi connectivity index (χ4n) is 1.74. The monoisotopic (exact) mass is 220 g/mol. The van der Waals surface area contributed by atoms with E-state index in [0.29, 0.717) is 12.5 Å². The molecule has 14 heavy (non-hydrogen) atoms.